The van der Waals surface area contributed by atoms with E-state index < -0.39 is 23.0 Å². The number of hydrogen-bond donors (Lipinski definition) is 2. The third-order valence-electron chi connectivity index (χ3n) is 4.59. The van der Waals surface area contributed by atoms with E-state index in [1.165, 1.54) is 18.3 Å². The standard InChI is InChI=1S/C23H21ClN4O6/c1-2-33-23(30)26-19(15-6-4-3-5-7-15)13-22(29)27-25-14-17-9-11-21(34-17)16-8-10-18(24)20(12-16)28(31)32/h3-12,14,19H,2,13H2,1H3,(H,26,30)(H,27,29)/b25-14-/t19-/m1/s1. The summed E-state index contributed by atoms with van der Waals surface area (Å²) in [6.07, 6.45) is 0.596. The first kappa shape index (κ1) is 24.5. The normalized spacial score (nSPS) is 11.7. The molecule has 0 bridgehead atoms. The van der Waals surface area contributed by atoms with Crippen LogP contribution in [0.3, 0.4) is 0 Å². The Hall–Kier alpha value is -4.18. The lowest BCUT2D eigenvalue weighted by molar-refractivity contribution is -0.384. The highest BCUT2D eigenvalue weighted by molar-refractivity contribution is 6.32. The first-order valence-corrected chi connectivity index (χ1v) is 10.6. The molecule has 176 valence electrons. The molecule has 3 rings (SSSR count). The molecule has 34 heavy (non-hydrogen) atoms. The smallest absolute Gasteiger partial charge is 0.407 e. The van der Waals surface area contributed by atoms with Gasteiger partial charge in [0.1, 0.15) is 16.5 Å². The maximum absolute atomic E-state index is 12.4. The van der Waals surface area contributed by atoms with E-state index >= 15 is 0 Å². The van der Waals surface area contributed by atoms with Crippen LogP contribution in [-0.4, -0.2) is 29.7 Å². The first-order chi connectivity index (χ1) is 16.4. The highest BCUT2D eigenvalue weighted by Gasteiger charge is 2.19. The molecule has 1 aromatic heterocycles. The highest BCUT2D eigenvalue weighted by Crippen LogP contribution is 2.31. The minimum atomic E-state index is -0.627. The van der Waals surface area contributed by atoms with Gasteiger partial charge in [0.25, 0.3) is 5.69 Å². The Balaban J connectivity index is 1.63. The van der Waals surface area contributed by atoms with Crippen molar-refractivity contribution in [3.63, 3.8) is 0 Å². The summed E-state index contributed by atoms with van der Waals surface area (Å²) in [5.74, 6) is 0.245. The van der Waals surface area contributed by atoms with Gasteiger partial charge in [0.15, 0.2) is 0 Å². The van der Waals surface area contributed by atoms with E-state index in [1.54, 1.807) is 49.4 Å². The number of nitrogens with one attached hydrogen (secondary N) is 2. The molecule has 0 unspecified atom stereocenters. The molecule has 1 heterocycles. The van der Waals surface area contributed by atoms with Crippen LogP contribution in [0.2, 0.25) is 5.02 Å². The molecular formula is C23H21ClN4O6. The summed E-state index contributed by atoms with van der Waals surface area (Å²) in [6, 6.07) is 15.9. The van der Waals surface area contributed by atoms with Crippen molar-refractivity contribution in [2.24, 2.45) is 5.10 Å². The van der Waals surface area contributed by atoms with Gasteiger partial charge in [0.05, 0.1) is 30.2 Å². The zero-order chi connectivity index (χ0) is 24.5. The van der Waals surface area contributed by atoms with Crippen molar-refractivity contribution >= 4 is 35.5 Å². The highest BCUT2D eigenvalue weighted by atomic mass is 35.5. The molecule has 2 aromatic carbocycles. The summed E-state index contributed by atoms with van der Waals surface area (Å²) in [7, 11) is 0. The minimum Gasteiger partial charge on any atom is -0.455 e. The Kier molecular flexibility index (Phi) is 8.36. The van der Waals surface area contributed by atoms with Gasteiger partial charge in [-0.2, -0.15) is 5.10 Å². The number of furan rings is 1. The maximum Gasteiger partial charge on any atom is 0.407 e. The fraction of sp³-hybridized carbons (Fsp3) is 0.174. The van der Waals surface area contributed by atoms with Crippen molar-refractivity contribution in [2.45, 2.75) is 19.4 Å². The van der Waals surface area contributed by atoms with Gasteiger partial charge in [0, 0.05) is 11.6 Å². The van der Waals surface area contributed by atoms with Crippen LogP contribution in [0.5, 0.6) is 0 Å². The van der Waals surface area contributed by atoms with Gasteiger partial charge >= 0.3 is 6.09 Å². The van der Waals surface area contributed by atoms with Crippen molar-refractivity contribution in [1.29, 1.82) is 0 Å². The van der Waals surface area contributed by atoms with E-state index in [2.05, 4.69) is 15.8 Å². The van der Waals surface area contributed by atoms with Crippen LogP contribution in [0.25, 0.3) is 11.3 Å². The van der Waals surface area contributed by atoms with Crippen LogP contribution < -0.4 is 10.7 Å². The third-order valence-corrected chi connectivity index (χ3v) is 4.91. The average Bonchev–Trinajstić information content (AvgIpc) is 3.28. The molecule has 11 heteroatoms. The molecule has 0 aliphatic heterocycles. The fourth-order valence-corrected chi connectivity index (χ4v) is 3.22. The zero-order valence-electron chi connectivity index (χ0n) is 18.1. The number of alkyl carbamates (subject to hydrolysis) is 1. The summed E-state index contributed by atoms with van der Waals surface area (Å²) >= 11 is 5.84. The molecule has 3 aromatic rings. The summed E-state index contributed by atoms with van der Waals surface area (Å²) in [5, 5.41) is 17.6. The number of nitro groups is 1. The second-order valence-corrected chi connectivity index (χ2v) is 7.36. The number of hydrazone groups is 1. The van der Waals surface area contributed by atoms with Crippen molar-refractivity contribution in [1.82, 2.24) is 10.7 Å². The van der Waals surface area contributed by atoms with Crippen LogP contribution in [-0.2, 0) is 9.53 Å². The Labute approximate surface area is 199 Å². The van der Waals surface area contributed by atoms with E-state index in [1.807, 2.05) is 6.07 Å². The van der Waals surface area contributed by atoms with E-state index in [0.717, 1.165) is 5.56 Å². The second-order valence-electron chi connectivity index (χ2n) is 6.95. The maximum atomic E-state index is 12.4. The summed E-state index contributed by atoms with van der Waals surface area (Å²) in [4.78, 5) is 34.7. The van der Waals surface area contributed by atoms with Crippen LogP contribution in [0.4, 0.5) is 10.5 Å². The quantitative estimate of drug-likeness (QED) is 0.253. The summed E-state index contributed by atoms with van der Waals surface area (Å²) < 4.78 is 10.5. The minimum absolute atomic E-state index is 0.0241. The molecule has 0 radical (unpaired) electrons. The number of rotatable bonds is 9. The van der Waals surface area contributed by atoms with E-state index in [4.69, 9.17) is 20.8 Å². The van der Waals surface area contributed by atoms with Gasteiger partial charge < -0.3 is 14.5 Å². The lowest BCUT2D eigenvalue weighted by atomic mass is 10.0. The van der Waals surface area contributed by atoms with Crippen molar-refractivity contribution in [3.8, 4) is 11.3 Å². The topological polar surface area (TPSA) is 136 Å². The predicted octanol–water partition coefficient (Wildman–Crippen LogP) is 4.84. The van der Waals surface area contributed by atoms with E-state index in [-0.39, 0.29) is 23.7 Å². The number of carbonyl (C=O) groups excluding carboxylic acids is 2. The van der Waals surface area contributed by atoms with Crippen molar-refractivity contribution < 1.29 is 23.7 Å². The number of nitro benzene ring substituents is 1. The number of amides is 2. The van der Waals surface area contributed by atoms with Gasteiger partial charge in [-0.1, -0.05) is 41.9 Å². The van der Waals surface area contributed by atoms with E-state index in [0.29, 0.717) is 17.1 Å². The Bertz CT molecular complexity index is 1200. The fourth-order valence-electron chi connectivity index (χ4n) is 3.03. The number of benzene rings is 2. The molecular weight excluding hydrogens is 464 g/mol. The average molecular weight is 485 g/mol. The van der Waals surface area contributed by atoms with E-state index in [9.17, 15) is 19.7 Å². The lowest BCUT2D eigenvalue weighted by Crippen LogP contribution is -2.33. The summed E-state index contributed by atoms with van der Waals surface area (Å²) in [6.45, 7) is 1.89. The Morgan fingerprint density at radius 2 is 1.97 bits per heavy atom. The van der Waals surface area contributed by atoms with Gasteiger partial charge in [0.2, 0.25) is 5.91 Å². The van der Waals surface area contributed by atoms with Crippen molar-refractivity contribution in [3.05, 3.63) is 87.1 Å². The lowest BCUT2D eigenvalue weighted by Gasteiger charge is -2.17. The molecule has 0 saturated heterocycles. The third kappa shape index (κ3) is 6.66. The van der Waals surface area contributed by atoms with Gasteiger partial charge in [-0.15, -0.1) is 0 Å². The Morgan fingerprint density at radius 3 is 2.68 bits per heavy atom. The van der Waals surface area contributed by atoms with Gasteiger partial charge in [-0.05, 0) is 36.8 Å². The predicted molar refractivity (Wildman–Crippen MR) is 126 cm³/mol. The Morgan fingerprint density at radius 1 is 1.21 bits per heavy atom. The molecule has 2 amide bonds. The molecule has 2 N–H and O–H groups in total. The van der Waals surface area contributed by atoms with Crippen molar-refractivity contribution in [2.75, 3.05) is 6.61 Å². The molecule has 0 fully saturated rings. The number of nitrogens with zero attached hydrogens (tertiary/aromatic N) is 2. The molecule has 0 saturated carbocycles. The molecule has 0 spiro atoms. The monoisotopic (exact) mass is 484 g/mol. The number of halogens is 1. The molecule has 0 aliphatic carbocycles. The molecule has 10 nitrogen and oxygen atoms in total. The first-order valence-electron chi connectivity index (χ1n) is 10.2. The largest absolute Gasteiger partial charge is 0.455 e. The van der Waals surface area contributed by atoms with Crippen LogP contribution >= 0.6 is 11.6 Å². The molecule has 0 aliphatic rings. The summed E-state index contributed by atoms with van der Waals surface area (Å²) in [5.41, 5.74) is 3.36. The number of hydrogen-bond acceptors (Lipinski definition) is 7. The SMILES string of the molecule is CCOC(=O)N[C@H](CC(=O)N/N=C\c1ccc(-c2ccc(Cl)c([N+](=O)[O-])c2)o1)c1ccccc1. The molecule has 1 atom stereocenters. The van der Waals surface area contributed by atoms with Crippen LogP contribution in [0, 0.1) is 10.1 Å². The second kappa shape index (κ2) is 11.6. The van der Waals surface area contributed by atoms with Crippen LogP contribution in [0.1, 0.15) is 30.7 Å². The van der Waals surface area contributed by atoms with Crippen LogP contribution in [0.15, 0.2) is 70.2 Å². The van der Waals surface area contributed by atoms with Gasteiger partial charge in [-0.25, -0.2) is 10.2 Å². The zero-order valence-corrected chi connectivity index (χ0v) is 18.8. The number of ether oxygens (including phenoxy) is 1. The number of carbonyl (C=O) groups is 2. The van der Waals surface area contributed by atoms with Gasteiger partial charge in [-0.3, -0.25) is 14.9 Å².